The first-order chi connectivity index (χ1) is 11.2. The number of imidazole rings is 1. The smallest absolute Gasteiger partial charge is 0.320 e. The number of nitrogens with zero attached hydrogens (tertiary/aromatic N) is 5. The zero-order valence-electron chi connectivity index (χ0n) is 14.0. The number of rotatable bonds is 3. The highest BCUT2D eigenvalue weighted by atomic mass is 16.2. The first-order valence-corrected chi connectivity index (χ1v) is 8.98. The SMILES string of the molecule is Cn1ccnc1CN1CCN2C(=O)N(C3CCCCC3)C[C@H]2C1. The monoisotopic (exact) mass is 317 g/mol. The molecule has 0 bridgehead atoms. The molecule has 3 heterocycles. The number of amides is 2. The molecule has 3 fully saturated rings. The summed E-state index contributed by atoms with van der Waals surface area (Å²) in [6.45, 7) is 4.58. The minimum absolute atomic E-state index is 0.290. The summed E-state index contributed by atoms with van der Waals surface area (Å²) in [4.78, 5) is 23.9. The molecular formula is C17H27N5O. The third-order valence-electron chi connectivity index (χ3n) is 5.77. The maximum Gasteiger partial charge on any atom is 0.320 e. The van der Waals surface area contributed by atoms with Crippen molar-refractivity contribution in [2.45, 2.75) is 50.7 Å². The number of hydrogen-bond donors (Lipinski definition) is 0. The Morgan fingerprint density at radius 3 is 2.65 bits per heavy atom. The van der Waals surface area contributed by atoms with E-state index in [9.17, 15) is 4.79 Å². The Labute approximate surface area is 138 Å². The highest BCUT2D eigenvalue weighted by molar-refractivity contribution is 5.77. The van der Waals surface area contributed by atoms with Crippen molar-refractivity contribution in [2.24, 2.45) is 7.05 Å². The lowest BCUT2D eigenvalue weighted by Crippen LogP contribution is -2.51. The zero-order valence-corrected chi connectivity index (χ0v) is 14.0. The van der Waals surface area contributed by atoms with E-state index in [-0.39, 0.29) is 0 Å². The molecule has 1 atom stereocenters. The first kappa shape index (κ1) is 15.0. The van der Waals surface area contributed by atoms with E-state index in [2.05, 4.69) is 24.3 Å². The van der Waals surface area contributed by atoms with Crippen LogP contribution in [0.4, 0.5) is 4.79 Å². The number of fused-ring (bicyclic) bond motifs is 1. The molecule has 2 amide bonds. The third-order valence-corrected chi connectivity index (χ3v) is 5.77. The fourth-order valence-corrected chi connectivity index (χ4v) is 4.39. The summed E-state index contributed by atoms with van der Waals surface area (Å²) >= 11 is 0. The van der Waals surface area contributed by atoms with Crippen LogP contribution < -0.4 is 0 Å². The van der Waals surface area contributed by atoms with Gasteiger partial charge in [-0.1, -0.05) is 19.3 Å². The highest BCUT2D eigenvalue weighted by Gasteiger charge is 2.43. The summed E-state index contributed by atoms with van der Waals surface area (Å²) < 4.78 is 2.08. The number of carbonyl (C=O) groups is 1. The summed E-state index contributed by atoms with van der Waals surface area (Å²) in [6, 6.07) is 1.14. The van der Waals surface area contributed by atoms with Gasteiger partial charge in [0.1, 0.15) is 5.82 Å². The molecule has 23 heavy (non-hydrogen) atoms. The van der Waals surface area contributed by atoms with Crippen LogP contribution in [0, 0.1) is 0 Å². The molecule has 6 heteroatoms. The number of carbonyl (C=O) groups excluding carboxylic acids is 1. The molecule has 1 aromatic heterocycles. The Bertz CT molecular complexity index is 565. The maximum atomic E-state index is 12.7. The van der Waals surface area contributed by atoms with Crippen molar-refractivity contribution in [2.75, 3.05) is 26.2 Å². The maximum absolute atomic E-state index is 12.7. The van der Waals surface area contributed by atoms with E-state index in [1.807, 2.05) is 19.4 Å². The van der Waals surface area contributed by atoms with Gasteiger partial charge in [-0.3, -0.25) is 4.90 Å². The number of aryl methyl sites for hydroxylation is 1. The van der Waals surface area contributed by atoms with Crippen LogP contribution in [0.15, 0.2) is 12.4 Å². The van der Waals surface area contributed by atoms with Crippen LogP contribution in [0.3, 0.4) is 0 Å². The second kappa shape index (κ2) is 6.15. The van der Waals surface area contributed by atoms with Gasteiger partial charge in [0.2, 0.25) is 0 Å². The van der Waals surface area contributed by atoms with Crippen LogP contribution in [0.25, 0.3) is 0 Å². The average Bonchev–Trinajstić information content (AvgIpc) is 3.12. The molecule has 0 radical (unpaired) electrons. The summed E-state index contributed by atoms with van der Waals surface area (Å²) in [6.07, 6.45) is 10.1. The van der Waals surface area contributed by atoms with E-state index in [1.165, 1.54) is 32.1 Å². The molecule has 0 N–H and O–H groups in total. The average molecular weight is 317 g/mol. The molecule has 0 unspecified atom stereocenters. The van der Waals surface area contributed by atoms with Gasteiger partial charge in [0.25, 0.3) is 0 Å². The Kier molecular flexibility index (Phi) is 4.01. The van der Waals surface area contributed by atoms with E-state index < -0.39 is 0 Å². The van der Waals surface area contributed by atoms with Crippen LogP contribution in [-0.2, 0) is 13.6 Å². The standard InChI is InChI=1S/C17H27N5O/c1-19-8-7-18-16(19)13-20-9-10-21-15(11-20)12-22(17(21)23)14-5-3-2-4-6-14/h7-8,14-15H,2-6,9-13H2,1H3/t15-/m1/s1. The number of piperazine rings is 1. The molecule has 1 aromatic rings. The zero-order chi connectivity index (χ0) is 15.8. The lowest BCUT2D eigenvalue weighted by atomic mass is 9.94. The van der Waals surface area contributed by atoms with E-state index in [0.717, 1.165) is 38.5 Å². The van der Waals surface area contributed by atoms with E-state index in [0.29, 0.717) is 18.1 Å². The van der Waals surface area contributed by atoms with Crippen molar-refractivity contribution in [3.8, 4) is 0 Å². The van der Waals surface area contributed by atoms with Crippen LogP contribution in [0.2, 0.25) is 0 Å². The van der Waals surface area contributed by atoms with E-state index in [1.54, 1.807) is 0 Å². The van der Waals surface area contributed by atoms with Crippen molar-refractivity contribution in [1.82, 2.24) is 24.3 Å². The molecular weight excluding hydrogens is 290 g/mol. The molecule has 6 nitrogen and oxygen atoms in total. The van der Waals surface area contributed by atoms with E-state index >= 15 is 0 Å². The molecule has 0 aromatic carbocycles. The first-order valence-electron chi connectivity index (χ1n) is 8.98. The number of urea groups is 1. The minimum atomic E-state index is 0.290. The van der Waals surface area contributed by atoms with Gasteiger partial charge in [0.15, 0.2) is 0 Å². The largest absolute Gasteiger partial charge is 0.337 e. The molecule has 1 saturated carbocycles. The van der Waals surface area contributed by atoms with Crippen LogP contribution >= 0.6 is 0 Å². The fourth-order valence-electron chi connectivity index (χ4n) is 4.39. The third kappa shape index (κ3) is 2.84. The molecule has 2 aliphatic heterocycles. The Morgan fingerprint density at radius 1 is 1.09 bits per heavy atom. The molecule has 126 valence electrons. The van der Waals surface area contributed by atoms with Gasteiger partial charge >= 0.3 is 6.03 Å². The molecule has 1 aliphatic carbocycles. The molecule has 4 rings (SSSR count). The summed E-state index contributed by atoms with van der Waals surface area (Å²) in [7, 11) is 2.04. The van der Waals surface area contributed by atoms with Gasteiger partial charge in [-0.15, -0.1) is 0 Å². The van der Waals surface area contributed by atoms with Crippen LogP contribution in [0.5, 0.6) is 0 Å². The summed E-state index contributed by atoms with van der Waals surface area (Å²) in [5.41, 5.74) is 0. The normalized spacial score (nSPS) is 26.8. The van der Waals surface area contributed by atoms with Crippen LogP contribution in [-0.4, -0.2) is 68.5 Å². The molecule has 2 saturated heterocycles. The van der Waals surface area contributed by atoms with Crippen molar-refractivity contribution in [3.63, 3.8) is 0 Å². The molecule has 0 spiro atoms. The van der Waals surface area contributed by atoms with Gasteiger partial charge in [0, 0.05) is 51.7 Å². The lowest BCUT2D eigenvalue weighted by molar-refractivity contribution is 0.113. The molecule has 3 aliphatic rings. The van der Waals surface area contributed by atoms with Gasteiger partial charge in [-0.05, 0) is 12.8 Å². The van der Waals surface area contributed by atoms with Gasteiger partial charge in [-0.25, -0.2) is 9.78 Å². The summed E-state index contributed by atoms with van der Waals surface area (Å²) in [5, 5.41) is 0. The Hall–Kier alpha value is -1.56. The van der Waals surface area contributed by atoms with Crippen molar-refractivity contribution >= 4 is 6.03 Å². The highest BCUT2D eigenvalue weighted by Crippen LogP contribution is 2.29. The van der Waals surface area contributed by atoms with Crippen molar-refractivity contribution in [1.29, 1.82) is 0 Å². The quantitative estimate of drug-likeness (QED) is 0.852. The summed E-state index contributed by atoms with van der Waals surface area (Å²) in [5.74, 6) is 1.10. The van der Waals surface area contributed by atoms with Crippen molar-refractivity contribution in [3.05, 3.63) is 18.2 Å². The predicted molar refractivity (Wildman–Crippen MR) is 88.0 cm³/mol. The Balaban J connectivity index is 1.40. The van der Waals surface area contributed by atoms with Gasteiger partial charge in [0.05, 0.1) is 12.6 Å². The number of aromatic nitrogens is 2. The van der Waals surface area contributed by atoms with Gasteiger partial charge in [-0.2, -0.15) is 0 Å². The second-order valence-electron chi connectivity index (χ2n) is 7.26. The lowest BCUT2D eigenvalue weighted by Gasteiger charge is -2.36. The predicted octanol–water partition coefficient (Wildman–Crippen LogP) is 1.67. The fraction of sp³-hybridized carbons (Fsp3) is 0.765. The number of hydrogen-bond acceptors (Lipinski definition) is 3. The minimum Gasteiger partial charge on any atom is -0.337 e. The second-order valence-corrected chi connectivity index (χ2v) is 7.26. The topological polar surface area (TPSA) is 44.6 Å². The van der Waals surface area contributed by atoms with E-state index in [4.69, 9.17) is 0 Å². The van der Waals surface area contributed by atoms with Crippen molar-refractivity contribution < 1.29 is 4.79 Å². The Morgan fingerprint density at radius 2 is 1.91 bits per heavy atom. The van der Waals surface area contributed by atoms with Gasteiger partial charge < -0.3 is 14.4 Å². The van der Waals surface area contributed by atoms with Crippen LogP contribution in [0.1, 0.15) is 37.9 Å².